The van der Waals surface area contributed by atoms with Crippen LogP contribution in [0.3, 0.4) is 0 Å². The van der Waals surface area contributed by atoms with Crippen LogP contribution in [0.15, 0.2) is 64.2 Å². The summed E-state index contributed by atoms with van der Waals surface area (Å²) in [6.45, 7) is 0.600. The molecule has 3 aromatic rings. The molecule has 2 heterocycles. The lowest BCUT2D eigenvalue weighted by Gasteiger charge is -2.26. The number of nitrogens with one attached hydrogen (secondary N) is 1. The normalized spacial score (nSPS) is 14.8. The smallest absolute Gasteiger partial charge is 0.378 e. The van der Waals surface area contributed by atoms with Crippen LogP contribution in [-0.2, 0) is 38.6 Å². The van der Waals surface area contributed by atoms with Crippen LogP contribution in [0.2, 0.25) is 0 Å². The van der Waals surface area contributed by atoms with E-state index in [-0.39, 0.29) is 35.1 Å². The highest BCUT2D eigenvalue weighted by atomic mass is 32.2. The maximum absolute atomic E-state index is 13.0. The fraction of sp³-hybridized carbons (Fsp3) is 0.261. The van der Waals surface area contributed by atoms with Gasteiger partial charge in [-0.3, -0.25) is 4.79 Å². The first-order valence-electron chi connectivity index (χ1n) is 10.1. The highest BCUT2D eigenvalue weighted by Gasteiger charge is 2.30. The first-order valence-corrected chi connectivity index (χ1v) is 12.5. The molecule has 5 nitrogen and oxygen atoms in total. The molecule has 1 saturated heterocycles. The average Bonchev–Trinajstić information content (AvgIpc) is 3.25. The summed E-state index contributed by atoms with van der Waals surface area (Å²) >= 11 is 1.46. The van der Waals surface area contributed by atoms with E-state index in [2.05, 4.69) is 4.72 Å². The largest absolute Gasteiger partial charge is 0.416 e. The van der Waals surface area contributed by atoms with Crippen LogP contribution in [-0.4, -0.2) is 33.5 Å². The maximum Gasteiger partial charge on any atom is 0.416 e. The number of thiophene rings is 1. The van der Waals surface area contributed by atoms with E-state index in [0.29, 0.717) is 24.3 Å². The van der Waals surface area contributed by atoms with E-state index in [0.717, 1.165) is 17.7 Å². The van der Waals surface area contributed by atoms with Gasteiger partial charge < -0.3 is 4.74 Å². The number of halogens is 3. The third kappa shape index (κ3) is 5.70. The molecule has 0 spiro atoms. The van der Waals surface area contributed by atoms with Crippen molar-refractivity contribution in [3.05, 3.63) is 76.0 Å². The third-order valence-corrected chi connectivity index (χ3v) is 7.42. The van der Waals surface area contributed by atoms with E-state index in [1.54, 1.807) is 6.07 Å². The van der Waals surface area contributed by atoms with E-state index >= 15 is 0 Å². The van der Waals surface area contributed by atoms with Crippen LogP contribution in [0.4, 0.5) is 13.2 Å². The second kappa shape index (κ2) is 9.38. The Morgan fingerprint density at radius 2 is 1.88 bits per heavy atom. The second-order valence-corrected chi connectivity index (χ2v) is 10.3. The molecule has 10 heteroatoms. The fourth-order valence-electron chi connectivity index (χ4n) is 3.53. The van der Waals surface area contributed by atoms with Crippen LogP contribution in [0.5, 0.6) is 0 Å². The summed E-state index contributed by atoms with van der Waals surface area (Å²) in [5.74, 6) is -0.319. The molecule has 0 atom stereocenters. The van der Waals surface area contributed by atoms with Crippen LogP contribution in [0.1, 0.15) is 16.7 Å². The van der Waals surface area contributed by atoms with Gasteiger partial charge >= 0.3 is 6.18 Å². The van der Waals surface area contributed by atoms with E-state index in [1.807, 2.05) is 16.8 Å². The molecule has 0 amide bonds. The quantitative estimate of drug-likeness (QED) is 0.501. The molecule has 0 aliphatic carbocycles. The number of carbonyl (C=O) groups is 1. The van der Waals surface area contributed by atoms with Gasteiger partial charge in [-0.1, -0.05) is 24.3 Å². The van der Waals surface area contributed by atoms with Gasteiger partial charge in [-0.15, -0.1) is 0 Å². The second-order valence-electron chi connectivity index (χ2n) is 7.78. The number of benzene rings is 2. The number of hydrogen-bond acceptors (Lipinski definition) is 5. The Hall–Kier alpha value is -2.53. The lowest BCUT2D eigenvalue weighted by Crippen LogP contribution is -2.48. The predicted octanol–water partition coefficient (Wildman–Crippen LogP) is 4.47. The van der Waals surface area contributed by atoms with Crippen molar-refractivity contribution < 1.29 is 31.1 Å². The fourth-order valence-corrected chi connectivity index (χ4v) is 5.45. The number of carbonyl (C=O) groups excluding carboxylic acids is 1. The third-order valence-electron chi connectivity index (χ3n) is 5.22. The zero-order chi connectivity index (χ0) is 23.6. The van der Waals surface area contributed by atoms with E-state index in [1.165, 1.54) is 35.6 Å². The Morgan fingerprint density at radius 1 is 1.09 bits per heavy atom. The van der Waals surface area contributed by atoms with Gasteiger partial charge in [-0.05, 0) is 57.3 Å². The van der Waals surface area contributed by atoms with Gasteiger partial charge in [0.1, 0.15) is 5.78 Å². The number of hydrogen-bond donors (Lipinski definition) is 1. The number of alkyl halides is 3. The van der Waals surface area contributed by atoms with E-state index < -0.39 is 21.8 Å². The predicted molar refractivity (Wildman–Crippen MR) is 119 cm³/mol. The number of ketones is 1. The lowest BCUT2D eigenvalue weighted by atomic mass is 9.95. The first-order chi connectivity index (χ1) is 15.6. The van der Waals surface area contributed by atoms with Gasteiger partial charge in [0.05, 0.1) is 29.7 Å². The maximum atomic E-state index is 13.0. The van der Waals surface area contributed by atoms with Crippen molar-refractivity contribution in [1.82, 2.24) is 4.72 Å². The molecular weight excluding hydrogens is 475 g/mol. The summed E-state index contributed by atoms with van der Waals surface area (Å²) in [5, 5.41) is 3.75. The molecule has 1 aromatic heterocycles. The molecule has 1 aliphatic heterocycles. The minimum absolute atomic E-state index is 0.0234. The Kier molecular flexibility index (Phi) is 6.71. The van der Waals surface area contributed by atoms with Crippen molar-refractivity contribution in [2.75, 3.05) is 13.2 Å². The molecule has 0 unspecified atom stereocenters. The highest BCUT2D eigenvalue weighted by molar-refractivity contribution is 7.89. The SMILES string of the molecule is O=C(Cc1cccc(C(F)(F)F)c1)Cc1cc(S(=O)(=O)NC2COC2)ccc1-c1ccsc1. The molecule has 2 aromatic carbocycles. The van der Waals surface area contributed by atoms with Crippen LogP contribution in [0.25, 0.3) is 11.1 Å². The standard InChI is InChI=1S/C23H20F3NO4S2/c24-23(25,26)18-3-1-2-15(8-18)9-20(28)10-17-11-21(33(29,30)27-19-12-31-13-19)4-5-22(17)16-6-7-32-14-16/h1-8,11,14,19,27H,9-10,12-13H2. The summed E-state index contributed by atoms with van der Waals surface area (Å²) in [5.41, 5.74) is 1.48. The zero-order valence-electron chi connectivity index (χ0n) is 17.3. The lowest BCUT2D eigenvalue weighted by molar-refractivity contribution is -0.137. The van der Waals surface area contributed by atoms with Crippen molar-refractivity contribution in [2.45, 2.75) is 30.0 Å². The Labute approximate surface area is 193 Å². The van der Waals surface area contributed by atoms with Crippen molar-refractivity contribution in [3.63, 3.8) is 0 Å². The summed E-state index contributed by atoms with van der Waals surface area (Å²) in [7, 11) is -3.81. The summed E-state index contributed by atoms with van der Waals surface area (Å²) < 4.78 is 72.0. The molecule has 174 valence electrons. The van der Waals surface area contributed by atoms with Crippen LogP contribution >= 0.6 is 11.3 Å². The van der Waals surface area contributed by atoms with Gasteiger partial charge in [0.25, 0.3) is 0 Å². The highest BCUT2D eigenvalue weighted by Crippen LogP contribution is 2.31. The first kappa shape index (κ1) is 23.6. The minimum Gasteiger partial charge on any atom is -0.378 e. The van der Waals surface area contributed by atoms with Gasteiger partial charge in [0, 0.05) is 12.8 Å². The van der Waals surface area contributed by atoms with Crippen molar-refractivity contribution in [3.8, 4) is 11.1 Å². The molecule has 1 aliphatic rings. The number of sulfonamides is 1. The van der Waals surface area contributed by atoms with Crippen molar-refractivity contribution in [1.29, 1.82) is 0 Å². The Bertz CT molecular complexity index is 1250. The van der Waals surface area contributed by atoms with Crippen molar-refractivity contribution >= 4 is 27.1 Å². The molecule has 1 fully saturated rings. The number of rotatable bonds is 8. The van der Waals surface area contributed by atoms with Crippen LogP contribution in [0, 0.1) is 0 Å². The summed E-state index contributed by atoms with van der Waals surface area (Å²) in [4.78, 5) is 12.8. The molecular formula is C23H20F3NO4S2. The molecule has 1 N–H and O–H groups in total. The van der Waals surface area contributed by atoms with E-state index in [4.69, 9.17) is 4.74 Å². The Balaban J connectivity index is 1.60. The van der Waals surface area contributed by atoms with Crippen LogP contribution < -0.4 is 4.72 Å². The molecule has 4 rings (SSSR count). The minimum atomic E-state index is -4.49. The van der Waals surface area contributed by atoms with Gasteiger partial charge in [-0.25, -0.2) is 13.1 Å². The molecule has 0 radical (unpaired) electrons. The van der Waals surface area contributed by atoms with Gasteiger partial charge in [0.2, 0.25) is 10.0 Å². The summed E-state index contributed by atoms with van der Waals surface area (Å²) in [6, 6.07) is 10.8. The summed E-state index contributed by atoms with van der Waals surface area (Å²) in [6.07, 6.45) is -4.80. The average molecular weight is 496 g/mol. The van der Waals surface area contributed by atoms with Gasteiger partial charge in [-0.2, -0.15) is 24.5 Å². The topological polar surface area (TPSA) is 72.5 Å². The van der Waals surface area contributed by atoms with Crippen molar-refractivity contribution in [2.24, 2.45) is 0 Å². The zero-order valence-corrected chi connectivity index (χ0v) is 18.9. The number of ether oxygens (including phenoxy) is 1. The van der Waals surface area contributed by atoms with Gasteiger partial charge in [0.15, 0.2) is 0 Å². The molecule has 33 heavy (non-hydrogen) atoms. The van der Waals surface area contributed by atoms with E-state index in [9.17, 15) is 26.4 Å². The Morgan fingerprint density at radius 3 is 2.52 bits per heavy atom. The number of Topliss-reactive ketones (excluding diaryl/α,β-unsaturated/α-hetero) is 1. The molecule has 0 saturated carbocycles. The molecule has 0 bridgehead atoms. The monoisotopic (exact) mass is 495 g/mol.